The van der Waals surface area contributed by atoms with Crippen LogP contribution in [0, 0.1) is 5.92 Å². The van der Waals surface area contributed by atoms with Crippen LogP contribution >= 0.6 is 15.9 Å². The number of carbonyl (C=O) groups is 1. The smallest absolute Gasteiger partial charge is 0.229 e. The lowest BCUT2D eigenvalue weighted by atomic mass is 10.1. The molecule has 0 aromatic heterocycles. The Bertz CT molecular complexity index is 437. The van der Waals surface area contributed by atoms with E-state index in [-0.39, 0.29) is 17.9 Å². The molecular weight excluding hydrogens is 284 g/mol. The molecular formula is C12H15BrN2O2. The van der Waals surface area contributed by atoms with Crippen LogP contribution < -0.4 is 11.1 Å². The van der Waals surface area contributed by atoms with Crippen molar-refractivity contribution in [2.24, 2.45) is 5.92 Å². The summed E-state index contributed by atoms with van der Waals surface area (Å²) in [6, 6.07) is 5.34. The van der Waals surface area contributed by atoms with E-state index in [1.807, 2.05) is 6.92 Å². The summed E-state index contributed by atoms with van der Waals surface area (Å²) in [5, 5.41) is 2.87. The van der Waals surface area contributed by atoms with Gasteiger partial charge in [-0.2, -0.15) is 0 Å². The van der Waals surface area contributed by atoms with E-state index in [0.717, 1.165) is 16.6 Å². The summed E-state index contributed by atoms with van der Waals surface area (Å²) in [5.41, 5.74) is 7.08. The standard InChI is InChI=1S/C12H15BrN2O2/c1-7-4-8(6-17-7)12(16)15-9-2-3-11(14)10(13)5-9/h2-3,5,7-8H,4,6,14H2,1H3,(H,15,16). The normalized spacial score (nSPS) is 23.6. The van der Waals surface area contributed by atoms with Crippen molar-refractivity contribution in [1.82, 2.24) is 0 Å². The Balaban J connectivity index is 2.00. The summed E-state index contributed by atoms with van der Waals surface area (Å²) in [6.45, 7) is 2.48. The quantitative estimate of drug-likeness (QED) is 0.824. The van der Waals surface area contributed by atoms with Gasteiger partial charge in [-0.25, -0.2) is 0 Å². The average Bonchev–Trinajstić information content (AvgIpc) is 2.70. The number of carbonyl (C=O) groups excluding carboxylic acids is 1. The molecule has 1 fully saturated rings. The molecule has 92 valence electrons. The summed E-state index contributed by atoms with van der Waals surface area (Å²) in [6.07, 6.45) is 0.950. The zero-order valence-electron chi connectivity index (χ0n) is 9.57. The first kappa shape index (κ1) is 12.4. The van der Waals surface area contributed by atoms with Crippen LogP contribution in [0.5, 0.6) is 0 Å². The molecule has 1 aliphatic rings. The molecule has 0 saturated carbocycles. The van der Waals surface area contributed by atoms with Crippen molar-refractivity contribution in [3.63, 3.8) is 0 Å². The molecule has 17 heavy (non-hydrogen) atoms. The summed E-state index contributed by atoms with van der Waals surface area (Å²) >= 11 is 3.33. The maximum atomic E-state index is 11.9. The highest BCUT2D eigenvalue weighted by Gasteiger charge is 2.28. The van der Waals surface area contributed by atoms with Gasteiger partial charge in [0.2, 0.25) is 5.91 Å². The highest BCUT2D eigenvalue weighted by atomic mass is 79.9. The van der Waals surface area contributed by atoms with Crippen molar-refractivity contribution in [2.45, 2.75) is 19.4 Å². The van der Waals surface area contributed by atoms with Crippen molar-refractivity contribution in [3.05, 3.63) is 22.7 Å². The van der Waals surface area contributed by atoms with E-state index in [9.17, 15) is 4.79 Å². The third-order valence-electron chi connectivity index (χ3n) is 2.84. The van der Waals surface area contributed by atoms with Gasteiger partial charge in [-0.1, -0.05) is 0 Å². The van der Waals surface area contributed by atoms with Gasteiger partial charge in [-0.3, -0.25) is 4.79 Å². The Kier molecular flexibility index (Phi) is 3.69. The van der Waals surface area contributed by atoms with Crippen LogP contribution in [0.4, 0.5) is 11.4 Å². The number of nitrogens with one attached hydrogen (secondary N) is 1. The zero-order valence-corrected chi connectivity index (χ0v) is 11.2. The molecule has 1 aromatic rings. The lowest BCUT2D eigenvalue weighted by molar-refractivity contribution is -0.119. The van der Waals surface area contributed by atoms with Crippen molar-refractivity contribution in [2.75, 3.05) is 17.7 Å². The molecule has 4 nitrogen and oxygen atoms in total. The van der Waals surface area contributed by atoms with Crippen LogP contribution in [-0.4, -0.2) is 18.6 Å². The number of benzene rings is 1. The van der Waals surface area contributed by atoms with Crippen molar-refractivity contribution in [1.29, 1.82) is 0 Å². The maximum absolute atomic E-state index is 11.9. The Morgan fingerprint density at radius 3 is 2.94 bits per heavy atom. The van der Waals surface area contributed by atoms with Gasteiger partial charge in [-0.15, -0.1) is 0 Å². The molecule has 1 aliphatic heterocycles. The van der Waals surface area contributed by atoms with Crippen LogP contribution in [0.3, 0.4) is 0 Å². The van der Waals surface area contributed by atoms with Crippen LogP contribution in [-0.2, 0) is 9.53 Å². The van der Waals surface area contributed by atoms with E-state index in [0.29, 0.717) is 12.3 Å². The maximum Gasteiger partial charge on any atom is 0.229 e. The zero-order chi connectivity index (χ0) is 12.4. The number of nitrogens with two attached hydrogens (primary N) is 1. The minimum atomic E-state index is -0.0543. The molecule has 2 atom stereocenters. The van der Waals surface area contributed by atoms with Crippen molar-refractivity contribution < 1.29 is 9.53 Å². The average molecular weight is 299 g/mol. The minimum absolute atomic E-state index is 0.00558. The Labute approximate surface area is 109 Å². The SMILES string of the molecule is CC1CC(C(=O)Nc2ccc(N)c(Br)c2)CO1. The molecule has 3 N–H and O–H groups in total. The largest absolute Gasteiger partial charge is 0.398 e. The molecule has 0 spiro atoms. The predicted molar refractivity (Wildman–Crippen MR) is 70.7 cm³/mol. The van der Waals surface area contributed by atoms with E-state index in [1.165, 1.54) is 0 Å². The highest BCUT2D eigenvalue weighted by Crippen LogP contribution is 2.25. The van der Waals surface area contributed by atoms with Gasteiger partial charge in [0, 0.05) is 15.8 Å². The third kappa shape index (κ3) is 2.98. The first-order chi connectivity index (χ1) is 8.06. The predicted octanol–water partition coefficient (Wildman–Crippen LogP) is 2.39. The molecule has 1 aromatic carbocycles. The highest BCUT2D eigenvalue weighted by molar-refractivity contribution is 9.10. The van der Waals surface area contributed by atoms with Gasteiger partial charge in [0.15, 0.2) is 0 Å². The molecule has 5 heteroatoms. The Morgan fingerprint density at radius 2 is 2.35 bits per heavy atom. The first-order valence-electron chi connectivity index (χ1n) is 5.53. The fourth-order valence-electron chi connectivity index (χ4n) is 1.85. The Morgan fingerprint density at radius 1 is 1.59 bits per heavy atom. The number of hydrogen-bond donors (Lipinski definition) is 2. The fourth-order valence-corrected chi connectivity index (χ4v) is 2.23. The molecule has 2 unspecified atom stereocenters. The molecule has 1 amide bonds. The van der Waals surface area contributed by atoms with Crippen LogP contribution in [0.1, 0.15) is 13.3 Å². The van der Waals surface area contributed by atoms with Gasteiger partial charge in [-0.05, 0) is 47.5 Å². The van der Waals surface area contributed by atoms with Gasteiger partial charge < -0.3 is 15.8 Å². The monoisotopic (exact) mass is 298 g/mol. The second kappa shape index (κ2) is 5.06. The van der Waals surface area contributed by atoms with Gasteiger partial charge in [0.25, 0.3) is 0 Å². The number of nitrogen functional groups attached to an aromatic ring is 1. The van der Waals surface area contributed by atoms with Crippen LogP contribution in [0.2, 0.25) is 0 Å². The van der Waals surface area contributed by atoms with Crippen LogP contribution in [0.15, 0.2) is 22.7 Å². The number of amides is 1. The summed E-state index contributed by atoms with van der Waals surface area (Å²) < 4.78 is 6.16. The number of hydrogen-bond acceptors (Lipinski definition) is 3. The van der Waals surface area contributed by atoms with E-state index in [1.54, 1.807) is 18.2 Å². The number of anilines is 2. The molecule has 1 saturated heterocycles. The Hall–Kier alpha value is -1.07. The molecule has 1 heterocycles. The minimum Gasteiger partial charge on any atom is -0.398 e. The summed E-state index contributed by atoms with van der Waals surface area (Å²) in [4.78, 5) is 11.9. The second-order valence-corrected chi connectivity index (χ2v) is 5.16. The van der Waals surface area contributed by atoms with Crippen LogP contribution in [0.25, 0.3) is 0 Å². The van der Waals surface area contributed by atoms with Crippen molar-refractivity contribution in [3.8, 4) is 0 Å². The molecule has 0 bridgehead atoms. The lowest BCUT2D eigenvalue weighted by Crippen LogP contribution is -2.23. The topological polar surface area (TPSA) is 64.4 Å². The van der Waals surface area contributed by atoms with E-state index in [4.69, 9.17) is 10.5 Å². The number of rotatable bonds is 2. The number of halogens is 1. The lowest BCUT2D eigenvalue weighted by Gasteiger charge is -2.10. The second-order valence-electron chi connectivity index (χ2n) is 4.30. The first-order valence-corrected chi connectivity index (χ1v) is 6.33. The fraction of sp³-hybridized carbons (Fsp3) is 0.417. The van der Waals surface area contributed by atoms with Gasteiger partial charge in [0.1, 0.15) is 0 Å². The van der Waals surface area contributed by atoms with E-state index in [2.05, 4.69) is 21.2 Å². The molecule has 0 aliphatic carbocycles. The third-order valence-corrected chi connectivity index (χ3v) is 3.52. The summed E-state index contributed by atoms with van der Waals surface area (Å²) in [7, 11) is 0. The number of ether oxygens (including phenoxy) is 1. The van der Waals surface area contributed by atoms with Gasteiger partial charge >= 0.3 is 0 Å². The van der Waals surface area contributed by atoms with Crippen molar-refractivity contribution >= 4 is 33.2 Å². The van der Waals surface area contributed by atoms with E-state index < -0.39 is 0 Å². The van der Waals surface area contributed by atoms with Gasteiger partial charge in [0.05, 0.1) is 18.6 Å². The van der Waals surface area contributed by atoms with E-state index >= 15 is 0 Å². The summed E-state index contributed by atoms with van der Waals surface area (Å²) in [5.74, 6) is -0.0487. The molecule has 2 rings (SSSR count). The molecule has 0 radical (unpaired) electrons.